The number of esters is 1. The fourth-order valence-corrected chi connectivity index (χ4v) is 4.32. The van der Waals surface area contributed by atoms with Gasteiger partial charge in [0.2, 0.25) is 0 Å². The lowest BCUT2D eigenvalue weighted by Gasteiger charge is -2.25. The summed E-state index contributed by atoms with van der Waals surface area (Å²) in [5, 5.41) is 11.3. The number of amides is 1. The summed E-state index contributed by atoms with van der Waals surface area (Å²) in [4.78, 5) is 39.5. The molecule has 4 rings (SSSR count). The molecule has 1 atom stereocenters. The Morgan fingerprint density at radius 1 is 0.921 bits per heavy atom. The number of aryl methyl sites for hydroxylation is 1. The van der Waals surface area contributed by atoms with Crippen molar-refractivity contribution >= 4 is 29.1 Å². The first-order valence-corrected chi connectivity index (χ1v) is 12.6. The average Bonchev–Trinajstić information content (AvgIpc) is 3.17. The largest absolute Gasteiger partial charge is 0.507 e. The number of hydrogen-bond acceptors (Lipinski definition) is 6. The molecule has 1 fully saturated rings. The Morgan fingerprint density at radius 2 is 1.53 bits per heavy atom. The number of carbonyl (C=O) groups excluding carboxylic acids is 3. The number of ketones is 1. The molecule has 1 aliphatic rings. The van der Waals surface area contributed by atoms with Gasteiger partial charge in [-0.2, -0.15) is 0 Å². The van der Waals surface area contributed by atoms with Crippen molar-refractivity contribution in [1.29, 1.82) is 0 Å². The number of aliphatic hydroxyl groups excluding tert-OH is 1. The Bertz CT molecular complexity index is 1350. The molecule has 0 aromatic heterocycles. The van der Waals surface area contributed by atoms with Crippen LogP contribution in [0.5, 0.6) is 11.5 Å². The van der Waals surface area contributed by atoms with Gasteiger partial charge in [-0.05, 0) is 72.0 Å². The van der Waals surface area contributed by atoms with E-state index in [1.807, 2.05) is 32.9 Å². The summed E-state index contributed by atoms with van der Waals surface area (Å²) in [5.41, 5.74) is 2.58. The molecule has 3 aromatic rings. The molecule has 1 aliphatic heterocycles. The lowest BCUT2D eigenvalue weighted by Crippen LogP contribution is -2.29. The van der Waals surface area contributed by atoms with Gasteiger partial charge in [0.15, 0.2) is 0 Å². The Morgan fingerprint density at radius 3 is 2.08 bits per heavy atom. The first-order chi connectivity index (χ1) is 18.2. The number of aliphatic hydroxyl groups is 1. The zero-order valence-electron chi connectivity index (χ0n) is 21.9. The number of nitrogens with zero attached hydrogens (tertiary/aromatic N) is 1. The van der Waals surface area contributed by atoms with E-state index in [4.69, 9.17) is 9.47 Å². The number of carbonyl (C=O) groups is 3. The highest BCUT2D eigenvalue weighted by Crippen LogP contribution is 2.42. The Balaban J connectivity index is 1.80. The van der Waals surface area contributed by atoms with Crippen molar-refractivity contribution in [2.75, 3.05) is 11.5 Å². The summed E-state index contributed by atoms with van der Waals surface area (Å²) in [6.07, 6.45) is 0.830. The van der Waals surface area contributed by atoms with Crippen LogP contribution in [0.1, 0.15) is 50.4 Å². The van der Waals surface area contributed by atoms with Gasteiger partial charge in [-0.1, -0.05) is 45.0 Å². The van der Waals surface area contributed by atoms with Gasteiger partial charge in [-0.15, -0.1) is 0 Å². The smallest absolute Gasteiger partial charge is 0.308 e. The van der Waals surface area contributed by atoms with Gasteiger partial charge in [0, 0.05) is 18.2 Å². The van der Waals surface area contributed by atoms with E-state index in [1.165, 1.54) is 11.8 Å². The molecule has 1 saturated heterocycles. The monoisotopic (exact) mass is 513 g/mol. The third-order valence-electron chi connectivity index (χ3n) is 6.24. The van der Waals surface area contributed by atoms with E-state index in [0.717, 1.165) is 12.0 Å². The lowest BCUT2D eigenvalue weighted by atomic mass is 9.95. The Hall–Kier alpha value is -4.39. The van der Waals surface area contributed by atoms with Gasteiger partial charge >= 0.3 is 5.97 Å². The highest BCUT2D eigenvalue weighted by atomic mass is 16.5. The minimum absolute atomic E-state index is 0.0225. The van der Waals surface area contributed by atoms with Crippen LogP contribution >= 0.6 is 0 Å². The summed E-state index contributed by atoms with van der Waals surface area (Å²) < 4.78 is 10.9. The molecule has 1 heterocycles. The van der Waals surface area contributed by atoms with Crippen LogP contribution in [0.3, 0.4) is 0 Å². The average molecular weight is 514 g/mol. The van der Waals surface area contributed by atoms with Crippen LogP contribution in [0.4, 0.5) is 5.69 Å². The summed E-state index contributed by atoms with van der Waals surface area (Å²) in [6.45, 7) is 7.99. The quantitative estimate of drug-likeness (QED) is 0.134. The lowest BCUT2D eigenvalue weighted by molar-refractivity contribution is -0.132. The van der Waals surface area contributed by atoms with Crippen LogP contribution in [0.2, 0.25) is 0 Å². The van der Waals surface area contributed by atoms with Crippen LogP contribution in [0, 0.1) is 5.92 Å². The van der Waals surface area contributed by atoms with Crippen molar-refractivity contribution in [2.45, 2.75) is 40.2 Å². The van der Waals surface area contributed by atoms with Crippen molar-refractivity contribution in [1.82, 2.24) is 0 Å². The number of anilines is 1. The minimum atomic E-state index is -0.884. The van der Waals surface area contributed by atoms with Crippen molar-refractivity contribution in [3.63, 3.8) is 0 Å². The predicted molar refractivity (Wildman–Crippen MR) is 145 cm³/mol. The normalized spacial score (nSPS) is 16.7. The highest BCUT2D eigenvalue weighted by molar-refractivity contribution is 6.51. The third kappa shape index (κ3) is 5.62. The van der Waals surface area contributed by atoms with Crippen molar-refractivity contribution in [3.8, 4) is 11.5 Å². The Labute approximate surface area is 222 Å². The van der Waals surface area contributed by atoms with Gasteiger partial charge in [-0.25, -0.2) is 0 Å². The fourth-order valence-electron chi connectivity index (χ4n) is 4.32. The van der Waals surface area contributed by atoms with E-state index in [9.17, 15) is 19.5 Å². The minimum Gasteiger partial charge on any atom is -0.507 e. The first-order valence-electron chi connectivity index (χ1n) is 12.6. The highest BCUT2D eigenvalue weighted by Gasteiger charge is 2.47. The predicted octanol–water partition coefficient (Wildman–Crippen LogP) is 5.84. The second kappa shape index (κ2) is 11.3. The van der Waals surface area contributed by atoms with Crippen LogP contribution < -0.4 is 14.4 Å². The van der Waals surface area contributed by atoms with Crippen LogP contribution in [0.15, 0.2) is 78.4 Å². The second-order valence-corrected chi connectivity index (χ2v) is 9.58. The van der Waals surface area contributed by atoms with Crippen molar-refractivity contribution < 1.29 is 29.0 Å². The molecule has 0 spiro atoms. The molecule has 7 heteroatoms. The maximum absolute atomic E-state index is 13.4. The van der Waals surface area contributed by atoms with Gasteiger partial charge < -0.3 is 14.6 Å². The maximum Gasteiger partial charge on any atom is 0.308 e. The summed E-state index contributed by atoms with van der Waals surface area (Å²) in [5.74, 6) is -0.913. The van der Waals surface area contributed by atoms with Crippen LogP contribution in [-0.2, 0) is 20.8 Å². The summed E-state index contributed by atoms with van der Waals surface area (Å²) >= 11 is 0. The van der Waals surface area contributed by atoms with Crippen LogP contribution in [-0.4, -0.2) is 29.4 Å². The zero-order valence-corrected chi connectivity index (χ0v) is 21.9. The Kier molecular flexibility index (Phi) is 7.96. The standard InChI is InChI=1S/C31H31NO6/c1-5-21-6-12-24(13-7-21)32-28(22-8-16-26(17-9-22)38-20(4)33)27(30(35)31(32)36)29(34)23-10-14-25(15-11-23)37-18-19(2)3/h6-17,19,28,34H,5,18H2,1-4H3/b29-27+. The molecular formula is C31H31NO6. The SMILES string of the molecule is CCc1ccc(N2C(=O)C(=O)/C(=C(/O)c3ccc(OCC(C)C)cc3)C2c2ccc(OC(C)=O)cc2)cc1. The van der Waals surface area contributed by atoms with E-state index >= 15 is 0 Å². The van der Waals surface area contributed by atoms with Crippen molar-refractivity contribution in [3.05, 3.63) is 95.1 Å². The number of rotatable bonds is 8. The molecule has 196 valence electrons. The zero-order chi connectivity index (χ0) is 27.4. The summed E-state index contributed by atoms with van der Waals surface area (Å²) in [6, 6.07) is 19.8. The molecular weight excluding hydrogens is 482 g/mol. The number of benzene rings is 3. The molecule has 1 unspecified atom stereocenters. The van der Waals surface area contributed by atoms with E-state index in [-0.39, 0.29) is 11.3 Å². The number of ether oxygens (including phenoxy) is 2. The van der Waals surface area contributed by atoms with Gasteiger partial charge in [0.1, 0.15) is 17.3 Å². The van der Waals surface area contributed by atoms with E-state index in [1.54, 1.807) is 60.7 Å². The molecule has 0 saturated carbocycles. The summed E-state index contributed by atoms with van der Waals surface area (Å²) in [7, 11) is 0. The van der Waals surface area contributed by atoms with Gasteiger partial charge in [0.05, 0.1) is 18.2 Å². The third-order valence-corrected chi connectivity index (χ3v) is 6.24. The molecule has 38 heavy (non-hydrogen) atoms. The fraction of sp³-hybridized carbons (Fsp3) is 0.258. The molecule has 1 amide bonds. The molecule has 0 bridgehead atoms. The molecule has 1 N–H and O–H groups in total. The topological polar surface area (TPSA) is 93.1 Å². The van der Waals surface area contributed by atoms with Gasteiger partial charge in [-0.3, -0.25) is 19.3 Å². The van der Waals surface area contributed by atoms with Crippen molar-refractivity contribution in [2.24, 2.45) is 5.92 Å². The van der Waals surface area contributed by atoms with E-state index < -0.39 is 23.7 Å². The second-order valence-electron chi connectivity index (χ2n) is 9.58. The molecule has 0 radical (unpaired) electrons. The van der Waals surface area contributed by atoms with Gasteiger partial charge in [0.25, 0.3) is 11.7 Å². The van der Waals surface area contributed by atoms with E-state index in [2.05, 4.69) is 0 Å². The first kappa shape index (κ1) is 26.7. The number of Topliss-reactive ketones (excluding diaryl/α,β-unsaturated/α-hetero) is 1. The van der Waals surface area contributed by atoms with E-state index in [0.29, 0.717) is 40.8 Å². The van der Waals surface area contributed by atoms with Crippen LogP contribution in [0.25, 0.3) is 5.76 Å². The molecule has 3 aromatic carbocycles. The molecule has 7 nitrogen and oxygen atoms in total. The number of hydrogen-bond donors (Lipinski definition) is 1. The molecule has 0 aliphatic carbocycles. The maximum atomic E-state index is 13.4.